The maximum Gasteiger partial charge on any atom is 0.292 e. The normalized spacial score (nSPS) is 26.4. The largest absolute Gasteiger partial charge is 0.376 e. The van der Waals surface area contributed by atoms with Crippen LogP contribution in [0.3, 0.4) is 0 Å². The standard InChI is InChI=1S/C14H18N2O3/c1-9-3-2-4-12(16(17)18)13(9)15-11-7-8-19-14(11)10-5-6-10/h2-4,10-11,14-15H,5-8H2,1H3. The van der Waals surface area contributed by atoms with Crippen molar-refractivity contribution in [2.24, 2.45) is 5.92 Å². The van der Waals surface area contributed by atoms with Crippen molar-refractivity contribution in [2.45, 2.75) is 38.3 Å². The van der Waals surface area contributed by atoms with Crippen molar-refractivity contribution in [1.82, 2.24) is 0 Å². The number of nitro benzene ring substituents is 1. The van der Waals surface area contributed by atoms with Gasteiger partial charge in [0.05, 0.1) is 17.1 Å². The molecule has 0 bridgehead atoms. The highest BCUT2D eigenvalue weighted by atomic mass is 16.6. The van der Waals surface area contributed by atoms with Crippen LogP contribution in [0.4, 0.5) is 11.4 Å². The monoisotopic (exact) mass is 262 g/mol. The smallest absolute Gasteiger partial charge is 0.292 e. The Morgan fingerprint density at radius 2 is 2.16 bits per heavy atom. The van der Waals surface area contributed by atoms with Gasteiger partial charge < -0.3 is 10.1 Å². The van der Waals surface area contributed by atoms with E-state index in [0.29, 0.717) is 11.6 Å². The summed E-state index contributed by atoms with van der Waals surface area (Å²) >= 11 is 0. The first-order chi connectivity index (χ1) is 9.16. The molecule has 1 aliphatic carbocycles. The first kappa shape index (κ1) is 12.4. The molecule has 3 rings (SSSR count). The van der Waals surface area contributed by atoms with E-state index in [0.717, 1.165) is 18.6 Å². The lowest BCUT2D eigenvalue weighted by Gasteiger charge is -2.21. The van der Waals surface area contributed by atoms with E-state index < -0.39 is 0 Å². The van der Waals surface area contributed by atoms with Gasteiger partial charge in [-0.1, -0.05) is 12.1 Å². The van der Waals surface area contributed by atoms with Crippen molar-refractivity contribution in [1.29, 1.82) is 0 Å². The summed E-state index contributed by atoms with van der Waals surface area (Å²) in [4.78, 5) is 10.8. The number of nitrogens with zero attached hydrogens (tertiary/aromatic N) is 1. The van der Waals surface area contributed by atoms with E-state index in [2.05, 4.69) is 5.32 Å². The summed E-state index contributed by atoms with van der Waals surface area (Å²) in [5, 5.41) is 14.5. The minimum absolute atomic E-state index is 0.154. The molecule has 1 heterocycles. The average molecular weight is 262 g/mol. The number of aryl methyl sites for hydroxylation is 1. The fraction of sp³-hybridized carbons (Fsp3) is 0.571. The van der Waals surface area contributed by atoms with Gasteiger partial charge in [-0.05, 0) is 37.7 Å². The zero-order chi connectivity index (χ0) is 13.4. The number of ether oxygens (including phenoxy) is 1. The number of rotatable bonds is 4. The molecule has 2 atom stereocenters. The summed E-state index contributed by atoms with van der Waals surface area (Å²) in [5.41, 5.74) is 1.71. The van der Waals surface area contributed by atoms with Gasteiger partial charge in [0.15, 0.2) is 0 Å². The number of hydrogen-bond acceptors (Lipinski definition) is 4. The summed E-state index contributed by atoms with van der Waals surface area (Å²) in [6.45, 7) is 2.65. The Hall–Kier alpha value is -1.62. The van der Waals surface area contributed by atoms with E-state index >= 15 is 0 Å². The molecule has 2 aliphatic rings. The molecule has 1 aromatic carbocycles. The van der Waals surface area contributed by atoms with Gasteiger partial charge in [-0.3, -0.25) is 10.1 Å². The Bertz CT molecular complexity index is 499. The second kappa shape index (κ2) is 4.81. The fourth-order valence-corrected chi connectivity index (χ4v) is 2.83. The number of para-hydroxylation sites is 1. The van der Waals surface area contributed by atoms with E-state index in [-0.39, 0.29) is 22.8 Å². The lowest BCUT2D eigenvalue weighted by atomic mass is 10.0. The van der Waals surface area contributed by atoms with Crippen LogP contribution in [0.1, 0.15) is 24.8 Å². The highest BCUT2D eigenvalue weighted by molar-refractivity contribution is 5.66. The predicted octanol–water partition coefficient (Wildman–Crippen LogP) is 2.88. The molecule has 1 aromatic rings. The third kappa shape index (κ3) is 2.42. The first-order valence-corrected chi connectivity index (χ1v) is 6.79. The van der Waals surface area contributed by atoms with E-state index in [9.17, 15) is 10.1 Å². The molecule has 5 nitrogen and oxygen atoms in total. The molecule has 0 amide bonds. The van der Waals surface area contributed by atoms with Gasteiger partial charge in [-0.15, -0.1) is 0 Å². The van der Waals surface area contributed by atoms with Crippen LogP contribution in [0.2, 0.25) is 0 Å². The minimum Gasteiger partial charge on any atom is -0.376 e. The van der Waals surface area contributed by atoms with Crippen molar-refractivity contribution in [2.75, 3.05) is 11.9 Å². The second-order valence-corrected chi connectivity index (χ2v) is 5.44. The third-order valence-electron chi connectivity index (χ3n) is 4.00. The summed E-state index contributed by atoms with van der Waals surface area (Å²) in [6, 6.07) is 5.38. The van der Waals surface area contributed by atoms with Gasteiger partial charge in [0.2, 0.25) is 0 Å². The summed E-state index contributed by atoms with van der Waals surface area (Å²) in [6.07, 6.45) is 3.59. The topological polar surface area (TPSA) is 64.4 Å². The van der Waals surface area contributed by atoms with Crippen LogP contribution in [0.15, 0.2) is 18.2 Å². The van der Waals surface area contributed by atoms with Gasteiger partial charge in [0, 0.05) is 12.7 Å². The fourth-order valence-electron chi connectivity index (χ4n) is 2.83. The molecule has 0 spiro atoms. The Morgan fingerprint density at radius 1 is 1.37 bits per heavy atom. The Labute approximate surface area is 112 Å². The number of hydrogen-bond donors (Lipinski definition) is 1. The van der Waals surface area contributed by atoms with Crippen molar-refractivity contribution >= 4 is 11.4 Å². The quantitative estimate of drug-likeness (QED) is 0.669. The SMILES string of the molecule is Cc1cccc([N+](=O)[O-])c1NC1CCOC1C1CC1. The highest BCUT2D eigenvalue weighted by Gasteiger charge is 2.41. The molecule has 19 heavy (non-hydrogen) atoms. The van der Waals surface area contributed by atoms with E-state index in [4.69, 9.17) is 4.74 Å². The van der Waals surface area contributed by atoms with E-state index in [1.54, 1.807) is 12.1 Å². The number of benzene rings is 1. The van der Waals surface area contributed by atoms with Crippen LogP contribution >= 0.6 is 0 Å². The Balaban J connectivity index is 1.84. The highest BCUT2D eigenvalue weighted by Crippen LogP contribution is 2.40. The predicted molar refractivity (Wildman–Crippen MR) is 72.3 cm³/mol. The average Bonchev–Trinajstić information content (AvgIpc) is 3.12. The van der Waals surface area contributed by atoms with Gasteiger partial charge in [0.1, 0.15) is 5.69 Å². The summed E-state index contributed by atoms with van der Waals surface area (Å²) < 4.78 is 5.77. The van der Waals surface area contributed by atoms with Crippen LogP contribution in [-0.4, -0.2) is 23.7 Å². The second-order valence-electron chi connectivity index (χ2n) is 5.44. The zero-order valence-corrected chi connectivity index (χ0v) is 11.0. The van der Waals surface area contributed by atoms with Gasteiger partial charge in [-0.2, -0.15) is 0 Å². The number of nitro groups is 1. The first-order valence-electron chi connectivity index (χ1n) is 6.79. The third-order valence-corrected chi connectivity index (χ3v) is 4.00. The van der Waals surface area contributed by atoms with Crippen molar-refractivity contribution in [3.05, 3.63) is 33.9 Å². The van der Waals surface area contributed by atoms with Crippen molar-refractivity contribution in [3.63, 3.8) is 0 Å². The molecule has 5 heteroatoms. The zero-order valence-electron chi connectivity index (χ0n) is 11.0. The molecule has 2 unspecified atom stereocenters. The number of anilines is 1. The van der Waals surface area contributed by atoms with Crippen LogP contribution in [0.25, 0.3) is 0 Å². The number of nitrogens with one attached hydrogen (secondary N) is 1. The molecule has 1 N–H and O–H groups in total. The summed E-state index contributed by atoms with van der Waals surface area (Å²) in [5.74, 6) is 0.642. The maximum atomic E-state index is 11.1. The summed E-state index contributed by atoms with van der Waals surface area (Å²) in [7, 11) is 0. The van der Waals surface area contributed by atoms with Crippen LogP contribution in [0, 0.1) is 23.0 Å². The molecule has 0 radical (unpaired) electrons. The van der Waals surface area contributed by atoms with E-state index in [1.165, 1.54) is 12.8 Å². The molecule has 102 valence electrons. The van der Waals surface area contributed by atoms with Crippen molar-refractivity contribution in [3.8, 4) is 0 Å². The molecule has 1 saturated carbocycles. The van der Waals surface area contributed by atoms with Gasteiger partial charge >= 0.3 is 0 Å². The van der Waals surface area contributed by atoms with Crippen LogP contribution < -0.4 is 5.32 Å². The van der Waals surface area contributed by atoms with Crippen molar-refractivity contribution < 1.29 is 9.66 Å². The lowest BCUT2D eigenvalue weighted by Crippen LogP contribution is -2.31. The van der Waals surface area contributed by atoms with Gasteiger partial charge in [0.25, 0.3) is 5.69 Å². The molecular weight excluding hydrogens is 244 g/mol. The maximum absolute atomic E-state index is 11.1. The Kier molecular flexibility index (Phi) is 3.14. The minimum atomic E-state index is -0.322. The van der Waals surface area contributed by atoms with Crippen LogP contribution in [-0.2, 0) is 4.74 Å². The van der Waals surface area contributed by atoms with E-state index in [1.807, 2.05) is 13.0 Å². The molecule has 2 fully saturated rings. The molecule has 1 saturated heterocycles. The van der Waals surface area contributed by atoms with Gasteiger partial charge in [-0.25, -0.2) is 0 Å². The molecule has 0 aromatic heterocycles. The van der Waals surface area contributed by atoms with Crippen LogP contribution in [0.5, 0.6) is 0 Å². The lowest BCUT2D eigenvalue weighted by molar-refractivity contribution is -0.384. The Morgan fingerprint density at radius 3 is 2.84 bits per heavy atom. The molecule has 1 aliphatic heterocycles. The molecular formula is C14H18N2O3.